The van der Waals surface area contributed by atoms with Gasteiger partial charge in [0.15, 0.2) is 12.1 Å². The Bertz CT molecular complexity index is 355. The van der Waals surface area contributed by atoms with E-state index in [4.69, 9.17) is 23.2 Å². The van der Waals surface area contributed by atoms with E-state index in [0.717, 1.165) is 0 Å². The number of carbonyl (C=O) groups is 1. The standard InChI is InChI=1S/C8H9Cl2N3O/c1-13(2)12-8-5(4-14)6(9)3-7(10)11-8/h3-4H,1-2H3,(H,11,12). The summed E-state index contributed by atoms with van der Waals surface area (Å²) < 4.78 is 0. The Morgan fingerprint density at radius 2 is 2.14 bits per heavy atom. The molecule has 0 aromatic carbocycles. The summed E-state index contributed by atoms with van der Waals surface area (Å²) in [5.74, 6) is 0.350. The van der Waals surface area contributed by atoms with Crippen LogP contribution in [0.15, 0.2) is 6.07 Å². The molecule has 0 atom stereocenters. The second-order valence-corrected chi connectivity index (χ2v) is 3.61. The van der Waals surface area contributed by atoms with Gasteiger partial charge in [-0.2, -0.15) is 0 Å². The zero-order valence-electron chi connectivity index (χ0n) is 7.71. The second kappa shape index (κ2) is 4.59. The molecule has 1 rings (SSSR count). The SMILES string of the molecule is CN(C)Nc1nc(Cl)cc(Cl)c1C=O. The fraction of sp³-hybridized carbons (Fsp3) is 0.250. The molecular weight excluding hydrogens is 225 g/mol. The van der Waals surface area contributed by atoms with Crippen LogP contribution in [0.4, 0.5) is 5.82 Å². The molecule has 0 saturated carbocycles. The largest absolute Gasteiger partial charge is 0.303 e. The van der Waals surface area contributed by atoms with E-state index in [2.05, 4.69) is 10.4 Å². The van der Waals surface area contributed by atoms with Gasteiger partial charge in [0.05, 0.1) is 10.6 Å². The lowest BCUT2D eigenvalue weighted by Gasteiger charge is -2.14. The minimum atomic E-state index is 0.241. The number of rotatable bonds is 3. The molecule has 1 N–H and O–H groups in total. The quantitative estimate of drug-likeness (QED) is 0.494. The van der Waals surface area contributed by atoms with Crippen molar-refractivity contribution in [1.82, 2.24) is 9.99 Å². The molecule has 76 valence electrons. The Morgan fingerprint density at radius 3 is 2.64 bits per heavy atom. The number of aromatic nitrogens is 1. The number of aldehydes is 1. The average molecular weight is 234 g/mol. The van der Waals surface area contributed by atoms with E-state index in [1.54, 1.807) is 19.1 Å². The molecule has 1 heterocycles. The predicted molar refractivity (Wildman–Crippen MR) is 57.0 cm³/mol. The number of pyridine rings is 1. The van der Waals surface area contributed by atoms with Crippen molar-refractivity contribution in [2.75, 3.05) is 19.5 Å². The first-order chi connectivity index (χ1) is 6.54. The third-order valence-electron chi connectivity index (χ3n) is 1.42. The van der Waals surface area contributed by atoms with Crippen LogP contribution in [0.3, 0.4) is 0 Å². The van der Waals surface area contributed by atoms with Crippen LogP contribution in [0.2, 0.25) is 10.2 Å². The molecule has 0 aliphatic carbocycles. The highest BCUT2D eigenvalue weighted by Crippen LogP contribution is 2.24. The maximum Gasteiger partial charge on any atom is 0.155 e. The van der Waals surface area contributed by atoms with E-state index in [1.165, 1.54) is 6.07 Å². The van der Waals surface area contributed by atoms with Gasteiger partial charge in [0.2, 0.25) is 0 Å². The molecule has 6 heteroatoms. The Morgan fingerprint density at radius 1 is 1.50 bits per heavy atom. The third-order valence-corrected chi connectivity index (χ3v) is 1.93. The minimum Gasteiger partial charge on any atom is -0.303 e. The van der Waals surface area contributed by atoms with Crippen LogP contribution in [0.1, 0.15) is 10.4 Å². The van der Waals surface area contributed by atoms with Crippen molar-refractivity contribution in [3.05, 3.63) is 21.8 Å². The van der Waals surface area contributed by atoms with E-state index in [1.807, 2.05) is 0 Å². The van der Waals surface area contributed by atoms with Crippen LogP contribution < -0.4 is 5.43 Å². The average Bonchev–Trinajstić information content (AvgIpc) is 2.01. The Labute approximate surface area is 91.8 Å². The van der Waals surface area contributed by atoms with Gasteiger partial charge in [-0.05, 0) is 6.07 Å². The van der Waals surface area contributed by atoms with Crippen molar-refractivity contribution < 1.29 is 4.79 Å². The van der Waals surface area contributed by atoms with Crippen LogP contribution in [0.25, 0.3) is 0 Å². The lowest BCUT2D eigenvalue weighted by molar-refractivity contribution is 0.112. The maximum absolute atomic E-state index is 10.7. The number of halogens is 2. The smallest absolute Gasteiger partial charge is 0.155 e. The van der Waals surface area contributed by atoms with Crippen molar-refractivity contribution >= 4 is 35.3 Å². The molecule has 4 nitrogen and oxygen atoms in total. The van der Waals surface area contributed by atoms with Crippen molar-refractivity contribution in [3.8, 4) is 0 Å². The highest BCUT2D eigenvalue weighted by Gasteiger charge is 2.10. The Hall–Kier alpha value is -0.840. The number of hydrogen-bond donors (Lipinski definition) is 1. The van der Waals surface area contributed by atoms with E-state index in [9.17, 15) is 4.79 Å². The van der Waals surface area contributed by atoms with Crippen LogP contribution in [0.5, 0.6) is 0 Å². The number of nitrogens with one attached hydrogen (secondary N) is 1. The summed E-state index contributed by atoms with van der Waals surface area (Å²) in [7, 11) is 3.54. The number of hydrazine groups is 1. The fourth-order valence-electron chi connectivity index (χ4n) is 0.904. The van der Waals surface area contributed by atoms with Gasteiger partial charge >= 0.3 is 0 Å². The van der Waals surface area contributed by atoms with Crippen LogP contribution in [0, 0.1) is 0 Å². The molecule has 0 spiro atoms. The molecule has 1 aromatic rings. The van der Waals surface area contributed by atoms with Crippen LogP contribution in [-0.4, -0.2) is 30.4 Å². The number of anilines is 1. The van der Waals surface area contributed by atoms with Gasteiger partial charge in [-0.25, -0.2) is 9.99 Å². The predicted octanol–water partition coefficient (Wildman–Crippen LogP) is 2.09. The summed E-state index contributed by atoms with van der Waals surface area (Å²) in [5.41, 5.74) is 3.12. The molecule has 0 amide bonds. The zero-order chi connectivity index (χ0) is 10.7. The fourth-order valence-corrected chi connectivity index (χ4v) is 1.39. The van der Waals surface area contributed by atoms with Gasteiger partial charge in [0.1, 0.15) is 5.15 Å². The topological polar surface area (TPSA) is 45.2 Å². The summed E-state index contributed by atoms with van der Waals surface area (Å²) in [6, 6.07) is 1.42. The molecule has 0 aliphatic rings. The summed E-state index contributed by atoms with van der Waals surface area (Å²) in [4.78, 5) is 14.7. The van der Waals surface area contributed by atoms with Crippen molar-refractivity contribution in [1.29, 1.82) is 0 Å². The second-order valence-electron chi connectivity index (χ2n) is 2.81. The molecule has 0 radical (unpaired) electrons. The summed E-state index contributed by atoms with van der Waals surface area (Å²) in [6.07, 6.45) is 0.636. The molecule has 14 heavy (non-hydrogen) atoms. The van der Waals surface area contributed by atoms with Gasteiger partial charge in [0, 0.05) is 14.1 Å². The summed E-state index contributed by atoms with van der Waals surface area (Å²) in [5, 5.41) is 2.16. The highest BCUT2D eigenvalue weighted by atomic mass is 35.5. The van der Waals surface area contributed by atoms with Gasteiger partial charge in [-0.1, -0.05) is 23.2 Å². The summed E-state index contributed by atoms with van der Waals surface area (Å²) >= 11 is 11.5. The maximum atomic E-state index is 10.7. The molecule has 1 aromatic heterocycles. The van der Waals surface area contributed by atoms with Gasteiger partial charge in [0.25, 0.3) is 0 Å². The Balaban J connectivity index is 3.17. The Kier molecular flexibility index (Phi) is 3.69. The van der Waals surface area contributed by atoms with Gasteiger partial charge < -0.3 is 5.43 Å². The number of nitrogens with zero attached hydrogens (tertiary/aromatic N) is 2. The molecule has 0 fully saturated rings. The van der Waals surface area contributed by atoms with E-state index < -0.39 is 0 Å². The minimum absolute atomic E-state index is 0.241. The van der Waals surface area contributed by atoms with Crippen molar-refractivity contribution in [2.45, 2.75) is 0 Å². The van der Waals surface area contributed by atoms with E-state index in [0.29, 0.717) is 17.7 Å². The van der Waals surface area contributed by atoms with Crippen molar-refractivity contribution in [3.63, 3.8) is 0 Å². The lowest BCUT2D eigenvalue weighted by atomic mass is 10.3. The zero-order valence-corrected chi connectivity index (χ0v) is 9.23. The van der Waals surface area contributed by atoms with Crippen LogP contribution >= 0.6 is 23.2 Å². The molecule has 0 bridgehead atoms. The highest BCUT2D eigenvalue weighted by molar-refractivity contribution is 6.36. The molecule has 0 aliphatic heterocycles. The molecular formula is C8H9Cl2N3O. The lowest BCUT2D eigenvalue weighted by Crippen LogP contribution is -2.21. The van der Waals surface area contributed by atoms with Crippen LogP contribution in [-0.2, 0) is 0 Å². The van der Waals surface area contributed by atoms with E-state index >= 15 is 0 Å². The first-order valence-electron chi connectivity index (χ1n) is 3.79. The van der Waals surface area contributed by atoms with Gasteiger partial charge in [-0.15, -0.1) is 0 Å². The molecule has 0 saturated heterocycles. The third kappa shape index (κ3) is 2.57. The number of hydrogen-bond acceptors (Lipinski definition) is 4. The van der Waals surface area contributed by atoms with Crippen molar-refractivity contribution in [2.24, 2.45) is 0 Å². The monoisotopic (exact) mass is 233 g/mol. The summed E-state index contributed by atoms with van der Waals surface area (Å²) in [6.45, 7) is 0. The first-order valence-corrected chi connectivity index (χ1v) is 4.55. The molecule has 0 unspecified atom stereocenters. The van der Waals surface area contributed by atoms with Gasteiger partial charge in [-0.3, -0.25) is 4.79 Å². The van der Waals surface area contributed by atoms with E-state index in [-0.39, 0.29) is 10.2 Å². The first kappa shape index (κ1) is 11.2. The number of carbonyl (C=O) groups excluding carboxylic acids is 1. The normalized spacial score (nSPS) is 10.4.